The molecule has 1 aromatic carbocycles. The molecule has 1 saturated heterocycles. The molecule has 86 valence electrons. The van der Waals surface area contributed by atoms with Crippen molar-refractivity contribution in [3.05, 3.63) is 35.9 Å². The van der Waals surface area contributed by atoms with Crippen LogP contribution in [0.5, 0.6) is 0 Å². The zero-order valence-corrected chi connectivity index (χ0v) is 10.5. The van der Waals surface area contributed by atoms with E-state index in [2.05, 4.69) is 47.0 Å². The van der Waals surface area contributed by atoms with Gasteiger partial charge in [0.2, 0.25) is 0 Å². The molecule has 2 aliphatic rings. The molecule has 0 bridgehead atoms. The molecule has 0 radical (unpaired) electrons. The Morgan fingerprint density at radius 1 is 1.12 bits per heavy atom. The maximum Gasteiger partial charge on any atom is 0.0454 e. The van der Waals surface area contributed by atoms with Crippen molar-refractivity contribution in [1.82, 2.24) is 4.90 Å². The van der Waals surface area contributed by atoms with Gasteiger partial charge in [-0.05, 0) is 18.4 Å². The molecular weight excluding hydrogens is 214 g/mol. The maximum absolute atomic E-state index is 2.68. The lowest BCUT2D eigenvalue weighted by Gasteiger charge is -2.30. The minimum absolute atomic E-state index is 0.860. The normalized spacial score (nSPS) is 30.2. The molecule has 1 aromatic rings. The predicted molar refractivity (Wildman–Crippen MR) is 70.5 cm³/mol. The predicted octanol–water partition coefficient (Wildman–Crippen LogP) is 3.50. The second-order valence-electron chi connectivity index (χ2n) is 4.92. The van der Waals surface area contributed by atoms with Crippen molar-refractivity contribution in [2.24, 2.45) is 0 Å². The van der Waals surface area contributed by atoms with Crippen molar-refractivity contribution in [2.45, 2.75) is 43.5 Å². The van der Waals surface area contributed by atoms with E-state index in [0.717, 1.165) is 17.8 Å². The Hall–Kier alpha value is -0.470. The highest BCUT2D eigenvalue weighted by Crippen LogP contribution is 2.39. The molecule has 1 saturated carbocycles. The third-order valence-electron chi connectivity index (χ3n) is 3.82. The third-order valence-corrected chi connectivity index (χ3v) is 5.28. The summed E-state index contributed by atoms with van der Waals surface area (Å²) < 4.78 is 0. The number of nitrogens with zero attached hydrogens (tertiary/aromatic N) is 1. The van der Waals surface area contributed by atoms with Gasteiger partial charge in [0.05, 0.1) is 0 Å². The van der Waals surface area contributed by atoms with Gasteiger partial charge >= 0.3 is 0 Å². The quantitative estimate of drug-likeness (QED) is 0.769. The van der Waals surface area contributed by atoms with Crippen molar-refractivity contribution in [3.8, 4) is 0 Å². The average Bonchev–Trinajstić information content (AvgIpc) is 2.74. The molecule has 2 atom stereocenters. The van der Waals surface area contributed by atoms with Crippen LogP contribution >= 0.6 is 11.8 Å². The number of hydrogen-bond donors (Lipinski definition) is 0. The van der Waals surface area contributed by atoms with E-state index in [9.17, 15) is 0 Å². The lowest BCUT2D eigenvalue weighted by molar-refractivity contribution is 0.200. The van der Waals surface area contributed by atoms with E-state index < -0.39 is 0 Å². The summed E-state index contributed by atoms with van der Waals surface area (Å²) in [6.45, 7) is 1.15. The molecule has 1 aliphatic carbocycles. The van der Waals surface area contributed by atoms with Crippen LogP contribution in [-0.4, -0.2) is 22.1 Å². The van der Waals surface area contributed by atoms with Crippen LogP contribution in [0.3, 0.4) is 0 Å². The van der Waals surface area contributed by atoms with E-state index in [4.69, 9.17) is 0 Å². The van der Waals surface area contributed by atoms with Gasteiger partial charge in [0.25, 0.3) is 0 Å². The number of fused-ring (bicyclic) bond motifs is 1. The fourth-order valence-corrected chi connectivity index (χ4v) is 4.49. The first-order chi connectivity index (χ1) is 7.93. The molecule has 3 rings (SSSR count). The summed E-state index contributed by atoms with van der Waals surface area (Å²) in [6.07, 6.45) is 5.76. The van der Waals surface area contributed by atoms with Crippen LogP contribution in [0.4, 0.5) is 0 Å². The molecule has 1 nitrogen and oxygen atoms in total. The molecule has 16 heavy (non-hydrogen) atoms. The molecule has 0 aromatic heterocycles. The van der Waals surface area contributed by atoms with E-state index in [1.165, 1.54) is 37.1 Å². The number of thioether (sulfide) groups is 1. The molecule has 1 aliphatic heterocycles. The summed E-state index contributed by atoms with van der Waals surface area (Å²) in [4.78, 5) is 2.68. The maximum atomic E-state index is 2.68. The van der Waals surface area contributed by atoms with E-state index in [1.807, 2.05) is 0 Å². The summed E-state index contributed by atoms with van der Waals surface area (Å²) in [5, 5.41) is 0.928. The molecule has 0 N–H and O–H groups in total. The largest absolute Gasteiger partial charge is 0.286 e. The number of rotatable bonds is 2. The fraction of sp³-hybridized carbons (Fsp3) is 0.571. The van der Waals surface area contributed by atoms with Crippen molar-refractivity contribution >= 4 is 11.8 Å². The van der Waals surface area contributed by atoms with Crippen LogP contribution < -0.4 is 0 Å². The first kappa shape index (κ1) is 10.7. The fourth-order valence-electron chi connectivity index (χ4n) is 2.96. The van der Waals surface area contributed by atoms with E-state index in [1.54, 1.807) is 0 Å². The lowest BCUT2D eigenvalue weighted by atomic mass is 9.94. The monoisotopic (exact) mass is 233 g/mol. The lowest BCUT2D eigenvalue weighted by Crippen LogP contribution is -2.36. The van der Waals surface area contributed by atoms with Gasteiger partial charge in [-0.2, -0.15) is 0 Å². The van der Waals surface area contributed by atoms with Crippen LogP contribution in [0.1, 0.15) is 31.2 Å². The van der Waals surface area contributed by atoms with Crippen molar-refractivity contribution < 1.29 is 0 Å². The standard InChI is InChI=1S/C14H19NS/c1-2-6-12(7-3-1)10-15-11-16-14-9-5-4-8-13(14)15/h1-3,6-7,13-14H,4-5,8-11H2. The summed E-state index contributed by atoms with van der Waals surface area (Å²) in [6, 6.07) is 11.8. The zero-order valence-electron chi connectivity index (χ0n) is 9.64. The van der Waals surface area contributed by atoms with Gasteiger partial charge in [-0.15, -0.1) is 11.8 Å². The average molecular weight is 233 g/mol. The molecule has 2 heteroatoms. The van der Waals surface area contributed by atoms with Crippen molar-refractivity contribution in [3.63, 3.8) is 0 Å². The summed E-state index contributed by atoms with van der Waals surface area (Å²) in [5.74, 6) is 1.24. The van der Waals surface area contributed by atoms with Gasteiger partial charge in [0.15, 0.2) is 0 Å². The highest BCUT2D eigenvalue weighted by atomic mass is 32.2. The van der Waals surface area contributed by atoms with E-state index in [0.29, 0.717) is 0 Å². The minimum Gasteiger partial charge on any atom is -0.286 e. The van der Waals surface area contributed by atoms with E-state index in [-0.39, 0.29) is 0 Å². The van der Waals surface area contributed by atoms with Gasteiger partial charge in [-0.1, -0.05) is 43.2 Å². The van der Waals surface area contributed by atoms with Crippen molar-refractivity contribution in [2.75, 3.05) is 5.88 Å². The van der Waals surface area contributed by atoms with Crippen LogP contribution in [0.2, 0.25) is 0 Å². The van der Waals surface area contributed by atoms with Crippen LogP contribution in [-0.2, 0) is 6.54 Å². The highest BCUT2D eigenvalue weighted by Gasteiger charge is 2.35. The topological polar surface area (TPSA) is 3.24 Å². The second-order valence-corrected chi connectivity index (χ2v) is 6.12. The van der Waals surface area contributed by atoms with Crippen LogP contribution in [0, 0.1) is 0 Å². The first-order valence-electron chi connectivity index (χ1n) is 6.33. The van der Waals surface area contributed by atoms with Gasteiger partial charge in [-0.25, -0.2) is 0 Å². The summed E-state index contributed by atoms with van der Waals surface area (Å²) in [5.41, 5.74) is 1.47. The summed E-state index contributed by atoms with van der Waals surface area (Å²) in [7, 11) is 0. The van der Waals surface area contributed by atoms with Crippen molar-refractivity contribution in [1.29, 1.82) is 0 Å². The Morgan fingerprint density at radius 2 is 1.94 bits per heavy atom. The molecule has 2 unspecified atom stereocenters. The number of hydrogen-bond acceptors (Lipinski definition) is 2. The second kappa shape index (κ2) is 4.80. The van der Waals surface area contributed by atoms with Gasteiger partial charge < -0.3 is 0 Å². The third kappa shape index (κ3) is 2.14. The molecule has 0 amide bonds. The van der Waals surface area contributed by atoms with Crippen LogP contribution in [0.25, 0.3) is 0 Å². The minimum atomic E-state index is 0.860. The molecule has 1 heterocycles. The Kier molecular flexibility index (Phi) is 3.20. The van der Waals surface area contributed by atoms with Gasteiger partial charge in [-0.3, -0.25) is 4.90 Å². The Bertz CT molecular complexity index is 338. The first-order valence-corrected chi connectivity index (χ1v) is 7.38. The zero-order chi connectivity index (χ0) is 10.8. The molecule has 0 spiro atoms. The Labute approximate surface area is 102 Å². The SMILES string of the molecule is c1ccc(CN2CSC3CCCCC32)cc1. The smallest absolute Gasteiger partial charge is 0.0454 e. The van der Waals surface area contributed by atoms with E-state index >= 15 is 0 Å². The summed E-state index contributed by atoms with van der Waals surface area (Å²) >= 11 is 2.18. The van der Waals surface area contributed by atoms with Gasteiger partial charge in [0, 0.05) is 23.7 Å². The number of benzene rings is 1. The van der Waals surface area contributed by atoms with Crippen LogP contribution in [0.15, 0.2) is 30.3 Å². The molecule has 2 fully saturated rings. The highest BCUT2D eigenvalue weighted by molar-refractivity contribution is 8.00. The van der Waals surface area contributed by atoms with Gasteiger partial charge in [0.1, 0.15) is 0 Å². The Balaban J connectivity index is 1.67. The Morgan fingerprint density at radius 3 is 2.81 bits per heavy atom. The molecular formula is C14H19NS.